The summed E-state index contributed by atoms with van der Waals surface area (Å²) in [6, 6.07) is 15.4. The van der Waals surface area contributed by atoms with Gasteiger partial charge in [-0.1, -0.05) is 97.0 Å². The molecule has 12 nitrogen and oxygen atoms in total. The molecule has 6 rings (SSSR count). The van der Waals surface area contributed by atoms with Crippen LogP contribution in [0.25, 0.3) is 33.6 Å². The molecule has 12 heteroatoms. The zero-order valence-corrected chi connectivity index (χ0v) is 32.7. The van der Waals surface area contributed by atoms with Crippen LogP contribution in [0.1, 0.15) is 97.9 Å². The van der Waals surface area contributed by atoms with Crippen LogP contribution in [0.5, 0.6) is 0 Å². The van der Waals surface area contributed by atoms with Gasteiger partial charge in [0.05, 0.1) is 41.9 Å². The van der Waals surface area contributed by atoms with Crippen LogP contribution < -0.4 is 5.32 Å². The Labute approximate surface area is 318 Å². The number of carboxylic acid groups (broad SMARTS) is 1. The number of hydrogen-bond donors (Lipinski definition) is 4. The molecular weight excluding hydrogens is 681 g/mol. The van der Waals surface area contributed by atoms with Gasteiger partial charge in [-0.2, -0.15) is 0 Å². The van der Waals surface area contributed by atoms with Gasteiger partial charge in [0.15, 0.2) is 0 Å². The Bertz CT molecular complexity index is 1900. The standard InChI is InChI=1S/C42H56N8O4/c1-8-48(9-2)36(42(5,6)7)40(52)50-23-11-13-34(50)38-44-25-32(46-38)30-20-16-28(17-21-30)27-14-18-29(19-15-27)31-24-43-37(45-31)33-12-10-22-49(33)39(51)35(26(3)4)47-41(53)54/h14-21,24-26,33-36,47H,8-13,22-23H2,1-7H3,(H,43,45)(H,44,46)(H,53,54)/t33-,34-,35?,36?/m0/s1. The summed E-state index contributed by atoms with van der Waals surface area (Å²) in [7, 11) is 0. The highest BCUT2D eigenvalue weighted by molar-refractivity contribution is 5.86. The van der Waals surface area contributed by atoms with Crippen LogP contribution in [0, 0.1) is 11.3 Å². The number of aromatic nitrogens is 4. The molecule has 2 aliphatic rings. The molecule has 288 valence electrons. The second kappa shape index (κ2) is 16.2. The average molecular weight is 737 g/mol. The molecule has 3 amide bonds. The van der Waals surface area contributed by atoms with E-state index in [4.69, 9.17) is 4.98 Å². The summed E-state index contributed by atoms with van der Waals surface area (Å²) in [6.45, 7) is 17.4. The van der Waals surface area contributed by atoms with Crippen LogP contribution in [0.2, 0.25) is 0 Å². The number of likely N-dealkylation sites (tertiary alicyclic amines) is 2. The van der Waals surface area contributed by atoms with Crippen molar-refractivity contribution in [3.05, 3.63) is 72.6 Å². The number of H-pyrrole nitrogens is 2. The number of carbonyl (C=O) groups excluding carboxylic acids is 2. The van der Waals surface area contributed by atoms with E-state index in [9.17, 15) is 19.5 Å². The minimum absolute atomic E-state index is 0.0617. The summed E-state index contributed by atoms with van der Waals surface area (Å²) >= 11 is 0. The summed E-state index contributed by atoms with van der Waals surface area (Å²) in [5.41, 5.74) is 5.78. The molecule has 54 heavy (non-hydrogen) atoms. The number of imidazole rings is 2. The van der Waals surface area contributed by atoms with Crippen LogP contribution in [-0.2, 0) is 9.59 Å². The van der Waals surface area contributed by atoms with Crippen LogP contribution in [-0.4, -0.2) is 95.9 Å². The van der Waals surface area contributed by atoms with Crippen molar-refractivity contribution in [2.45, 2.75) is 98.3 Å². The molecule has 2 aromatic carbocycles. The monoisotopic (exact) mass is 736 g/mol. The van der Waals surface area contributed by atoms with Crippen molar-refractivity contribution in [3.63, 3.8) is 0 Å². The van der Waals surface area contributed by atoms with E-state index in [-0.39, 0.29) is 41.3 Å². The van der Waals surface area contributed by atoms with Crippen molar-refractivity contribution in [2.75, 3.05) is 26.2 Å². The summed E-state index contributed by atoms with van der Waals surface area (Å²) in [5.74, 6) is 1.34. The molecule has 0 aliphatic carbocycles. The first kappa shape index (κ1) is 38.7. The number of hydrogen-bond acceptors (Lipinski definition) is 6. The maximum Gasteiger partial charge on any atom is 0.405 e. The summed E-state index contributed by atoms with van der Waals surface area (Å²) in [5, 5.41) is 11.7. The maximum absolute atomic E-state index is 14.0. The smallest absolute Gasteiger partial charge is 0.405 e. The molecular formula is C42H56N8O4. The Balaban J connectivity index is 1.12. The van der Waals surface area contributed by atoms with E-state index in [1.807, 2.05) is 24.9 Å². The fraction of sp³-hybridized carbons (Fsp3) is 0.500. The zero-order chi connectivity index (χ0) is 38.7. The van der Waals surface area contributed by atoms with Gasteiger partial charge in [-0.3, -0.25) is 14.5 Å². The molecule has 2 unspecified atom stereocenters. The fourth-order valence-electron chi connectivity index (χ4n) is 8.26. The molecule has 4 heterocycles. The first-order valence-corrected chi connectivity index (χ1v) is 19.5. The van der Waals surface area contributed by atoms with Gasteiger partial charge in [0.1, 0.15) is 17.7 Å². The van der Waals surface area contributed by atoms with Gasteiger partial charge >= 0.3 is 6.09 Å². The molecule has 4 N–H and O–H groups in total. The van der Waals surface area contributed by atoms with Crippen molar-refractivity contribution in [3.8, 4) is 33.6 Å². The minimum Gasteiger partial charge on any atom is -0.465 e. The first-order chi connectivity index (χ1) is 25.8. The highest BCUT2D eigenvalue weighted by Crippen LogP contribution is 2.37. The molecule has 2 aliphatic heterocycles. The van der Waals surface area contributed by atoms with Gasteiger partial charge in [0, 0.05) is 13.1 Å². The molecule has 0 saturated carbocycles. The molecule has 4 aromatic rings. The minimum atomic E-state index is -1.20. The van der Waals surface area contributed by atoms with Crippen LogP contribution in [0.15, 0.2) is 60.9 Å². The number of likely N-dealkylation sites (N-methyl/N-ethyl adjacent to an activating group) is 1. The van der Waals surface area contributed by atoms with Crippen molar-refractivity contribution in [1.82, 2.24) is 40.0 Å². The Morgan fingerprint density at radius 2 is 1.20 bits per heavy atom. The highest BCUT2D eigenvalue weighted by atomic mass is 16.4. The predicted molar refractivity (Wildman–Crippen MR) is 210 cm³/mol. The number of amides is 3. The molecule has 0 bridgehead atoms. The van der Waals surface area contributed by atoms with E-state index in [1.54, 1.807) is 11.1 Å². The largest absolute Gasteiger partial charge is 0.465 e. The van der Waals surface area contributed by atoms with Crippen molar-refractivity contribution in [1.29, 1.82) is 0 Å². The second-order valence-electron chi connectivity index (χ2n) is 16.1. The van der Waals surface area contributed by atoms with Gasteiger partial charge in [0.25, 0.3) is 0 Å². The lowest BCUT2D eigenvalue weighted by atomic mass is 9.84. The molecule has 4 atom stereocenters. The molecule has 0 spiro atoms. The number of aromatic amines is 2. The third-order valence-corrected chi connectivity index (χ3v) is 11.1. The van der Waals surface area contributed by atoms with Gasteiger partial charge in [-0.25, -0.2) is 14.8 Å². The first-order valence-electron chi connectivity index (χ1n) is 19.5. The zero-order valence-electron chi connectivity index (χ0n) is 32.7. The van der Waals surface area contributed by atoms with Gasteiger partial charge in [0.2, 0.25) is 11.8 Å². The van der Waals surface area contributed by atoms with E-state index < -0.39 is 12.1 Å². The normalized spacial score (nSPS) is 18.8. The Morgan fingerprint density at radius 1 is 0.778 bits per heavy atom. The summed E-state index contributed by atoms with van der Waals surface area (Å²) < 4.78 is 0. The van der Waals surface area contributed by atoms with E-state index in [2.05, 4.69) is 108 Å². The number of benzene rings is 2. The van der Waals surface area contributed by atoms with Crippen LogP contribution in [0.3, 0.4) is 0 Å². The molecule has 0 radical (unpaired) electrons. The Hall–Kier alpha value is -4.97. The maximum atomic E-state index is 14.0. The third-order valence-electron chi connectivity index (χ3n) is 11.1. The SMILES string of the molecule is CCN(CC)C(C(=O)N1CCC[C@H]1c1ncc(-c2ccc(-c3ccc(-c4cnc([C@@H]5CCCN5C(=O)C(NC(=O)O)C(C)C)[nH]4)cc3)cc2)[nH]1)C(C)(C)C. The second-order valence-corrected chi connectivity index (χ2v) is 16.1. The molecule has 2 saturated heterocycles. The van der Waals surface area contributed by atoms with Crippen molar-refractivity contribution in [2.24, 2.45) is 11.3 Å². The number of nitrogens with one attached hydrogen (secondary N) is 3. The average Bonchev–Trinajstić information content (AvgIpc) is 3.98. The lowest BCUT2D eigenvalue weighted by molar-refractivity contribution is -0.142. The highest BCUT2D eigenvalue weighted by Gasteiger charge is 2.42. The predicted octanol–water partition coefficient (Wildman–Crippen LogP) is 7.51. The van der Waals surface area contributed by atoms with E-state index in [0.717, 1.165) is 84.8 Å². The topological polar surface area (TPSA) is 151 Å². The van der Waals surface area contributed by atoms with Crippen molar-refractivity contribution < 1.29 is 19.5 Å². The van der Waals surface area contributed by atoms with Crippen LogP contribution in [0.4, 0.5) is 4.79 Å². The van der Waals surface area contributed by atoms with E-state index in [0.29, 0.717) is 12.4 Å². The van der Waals surface area contributed by atoms with Gasteiger partial charge in [-0.15, -0.1) is 0 Å². The van der Waals surface area contributed by atoms with E-state index in [1.165, 1.54) is 0 Å². The Morgan fingerprint density at radius 3 is 1.59 bits per heavy atom. The number of carbonyl (C=O) groups is 3. The molecule has 2 fully saturated rings. The quantitative estimate of drug-likeness (QED) is 0.118. The Kier molecular flexibility index (Phi) is 11.6. The van der Waals surface area contributed by atoms with E-state index >= 15 is 0 Å². The van der Waals surface area contributed by atoms with Crippen molar-refractivity contribution >= 4 is 17.9 Å². The fourth-order valence-corrected chi connectivity index (χ4v) is 8.26. The third kappa shape index (κ3) is 8.08. The van der Waals surface area contributed by atoms with Crippen LogP contribution >= 0.6 is 0 Å². The number of rotatable bonds is 12. The lowest BCUT2D eigenvalue weighted by Gasteiger charge is -2.41. The molecule has 2 aromatic heterocycles. The van der Waals surface area contributed by atoms with Gasteiger partial charge < -0.3 is 30.2 Å². The number of nitrogens with zero attached hydrogens (tertiary/aromatic N) is 5. The lowest BCUT2D eigenvalue weighted by Crippen LogP contribution is -2.54. The summed E-state index contributed by atoms with van der Waals surface area (Å²) in [4.78, 5) is 61.2. The summed E-state index contributed by atoms with van der Waals surface area (Å²) in [6.07, 6.45) is 5.92. The van der Waals surface area contributed by atoms with Gasteiger partial charge in [-0.05, 0) is 72.4 Å².